The summed E-state index contributed by atoms with van der Waals surface area (Å²) in [4.78, 5) is 11.3. The first-order valence-electron chi connectivity index (χ1n) is 10.1. The van der Waals surface area contributed by atoms with Gasteiger partial charge < -0.3 is 19.7 Å². The summed E-state index contributed by atoms with van der Waals surface area (Å²) in [6.07, 6.45) is 4.46. The molecule has 0 aliphatic heterocycles. The number of ether oxygens (including phenoxy) is 2. The Bertz CT molecular complexity index is 1200. The minimum Gasteiger partial charge on any atom is -0.493 e. The van der Waals surface area contributed by atoms with E-state index in [-0.39, 0.29) is 0 Å². The molecule has 2 heterocycles. The van der Waals surface area contributed by atoms with Crippen LogP contribution >= 0.6 is 11.6 Å². The maximum absolute atomic E-state index is 6.43. The number of methoxy groups -OCH3 is 1. The van der Waals surface area contributed by atoms with Crippen LogP contribution in [0, 0.1) is 6.92 Å². The Labute approximate surface area is 186 Å². The normalized spacial score (nSPS) is 11.4. The van der Waals surface area contributed by atoms with E-state index in [0.717, 1.165) is 40.8 Å². The molecule has 2 aromatic heterocycles. The quantitative estimate of drug-likeness (QED) is 0.393. The molecule has 0 amide bonds. The summed E-state index contributed by atoms with van der Waals surface area (Å²) in [6, 6.07) is 9.64. The first-order chi connectivity index (χ1) is 15.0. The Morgan fingerprint density at radius 3 is 2.74 bits per heavy atom. The Hall–Kier alpha value is -3.03. The largest absolute Gasteiger partial charge is 0.493 e. The third-order valence-corrected chi connectivity index (χ3v) is 5.42. The molecule has 4 rings (SSSR count). The van der Waals surface area contributed by atoms with Crippen molar-refractivity contribution in [2.45, 2.75) is 13.3 Å². The lowest BCUT2D eigenvalue weighted by Crippen LogP contribution is -2.15. The minimum absolute atomic E-state index is 0.595. The van der Waals surface area contributed by atoms with Gasteiger partial charge in [0, 0.05) is 18.7 Å². The molecular formula is C23H26ClN5O2. The molecule has 0 fully saturated rings. The van der Waals surface area contributed by atoms with Gasteiger partial charge in [0.1, 0.15) is 5.52 Å². The van der Waals surface area contributed by atoms with E-state index in [1.165, 1.54) is 0 Å². The standard InChI is InChI=1S/C23H26ClN5O2/c1-15-7-5-8-16(24)22(15)27-23-19-13-25-14-29(19)18-12-20(30-4)21(11-17(18)26-23)31-10-6-9-28(2)3/h5,7-8,11-14H,6,9-10H2,1-4H3,(H,26,27). The van der Waals surface area contributed by atoms with Crippen molar-refractivity contribution in [1.82, 2.24) is 19.3 Å². The summed E-state index contributed by atoms with van der Waals surface area (Å²) in [5.74, 6) is 2.00. The number of hydrogen-bond donors (Lipinski definition) is 1. The molecule has 0 aliphatic rings. The van der Waals surface area contributed by atoms with Gasteiger partial charge in [-0.2, -0.15) is 0 Å². The van der Waals surface area contributed by atoms with Crippen molar-refractivity contribution in [2.75, 3.05) is 39.7 Å². The average Bonchev–Trinajstić information content (AvgIpc) is 3.23. The van der Waals surface area contributed by atoms with Gasteiger partial charge >= 0.3 is 0 Å². The molecule has 0 radical (unpaired) electrons. The van der Waals surface area contributed by atoms with Crippen LogP contribution in [-0.2, 0) is 0 Å². The van der Waals surface area contributed by atoms with Crippen molar-refractivity contribution in [3.05, 3.63) is 53.4 Å². The number of hydrogen-bond acceptors (Lipinski definition) is 6. The highest BCUT2D eigenvalue weighted by Crippen LogP contribution is 2.35. The smallest absolute Gasteiger partial charge is 0.163 e. The van der Waals surface area contributed by atoms with Gasteiger partial charge in [0.2, 0.25) is 0 Å². The fourth-order valence-corrected chi connectivity index (χ4v) is 3.77. The van der Waals surface area contributed by atoms with E-state index in [2.05, 4.69) is 15.2 Å². The molecule has 0 saturated carbocycles. The predicted molar refractivity (Wildman–Crippen MR) is 125 cm³/mol. The van der Waals surface area contributed by atoms with E-state index in [0.29, 0.717) is 28.9 Å². The summed E-state index contributed by atoms with van der Waals surface area (Å²) in [5, 5.41) is 4.03. The molecule has 0 aliphatic carbocycles. The molecule has 0 atom stereocenters. The van der Waals surface area contributed by atoms with Crippen LogP contribution in [0.15, 0.2) is 42.9 Å². The highest BCUT2D eigenvalue weighted by atomic mass is 35.5. The number of para-hydroxylation sites is 1. The van der Waals surface area contributed by atoms with E-state index >= 15 is 0 Å². The van der Waals surface area contributed by atoms with E-state index in [1.54, 1.807) is 19.6 Å². The number of aryl methyl sites for hydroxylation is 1. The molecule has 0 bridgehead atoms. The fraction of sp³-hybridized carbons (Fsp3) is 0.304. The molecule has 0 saturated heterocycles. The van der Waals surface area contributed by atoms with Crippen molar-refractivity contribution >= 4 is 39.7 Å². The van der Waals surface area contributed by atoms with Gasteiger partial charge in [-0.05, 0) is 39.1 Å². The van der Waals surface area contributed by atoms with Crippen LogP contribution < -0.4 is 14.8 Å². The van der Waals surface area contributed by atoms with Gasteiger partial charge in [0.15, 0.2) is 17.3 Å². The summed E-state index contributed by atoms with van der Waals surface area (Å²) in [5.41, 5.74) is 4.35. The maximum Gasteiger partial charge on any atom is 0.163 e. The van der Waals surface area contributed by atoms with Crippen LogP contribution in [0.2, 0.25) is 5.02 Å². The van der Waals surface area contributed by atoms with Gasteiger partial charge in [0.05, 0.1) is 48.0 Å². The SMILES string of the molecule is COc1cc2c(cc1OCCCN(C)C)nc(Nc1c(C)cccc1Cl)c1cncn12. The lowest BCUT2D eigenvalue weighted by atomic mass is 10.2. The molecule has 7 nitrogen and oxygen atoms in total. The van der Waals surface area contributed by atoms with Crippen molar-refractivity contribution in [2.24, 2.45) is 0 Å². The molecule has 0 unspecified atom stereocenters. The molecule has 162 valence electrons. The molecule has 4 aromatic rings. The fourth-order valence-electron chi connectivity index (χ4n) is 3.50. The van der Waals surface area contributed by atoms with Crippen molar-refractivity contribution in [1.29, 1.82) is 0 Å². The van der Waals surface area contributed by atoms with Gasteiger partial charge in [0.25, 0.3) is 0 Å². The Morgan fingerprint density at radius 1 is 1.16 bits per heavy atom. The average molecular weight is 440 g/mol. The van der Waals surface area contributed by atoms with E-state index in [9.17, 15) is 0 Å². The molecule has 31 heavy (non-hydrogen) atoms. The first kappa shape index (κ1) is 21.2. The molecule has 1 N–H and O–H groups in total. The van der Waals surface area contributed by atoms with Crippen LogP contribution in [0.1, 0.15) is 12.0 Å². The zero-order chi connectivity index (χ0) is 22.0. The number of nitrogens with one attached hydrogen (secondary N) is 1. The number of halogens is 1. The maximum atomic E-state index is 6.43. The van der Waals surface area contributed by atoms with Crippen molar-refractivity contribution in [3.63, 3.8) is 0 Å². The lowest BCUT2D eigenvalue weighted by molar-refractivity contribution is 0.268. The van der Waals surface area contributed by atoms with Gasteiger partial charge in [-0.1, -0.05) is 23.7 Å². The van der Waals surface area contributed by atoms with Crippen LogP contribution in [0.25, 0.3) is 16.6 Å². The predicted octanol–water partition coefficient (Wildman–Crippen LogP) is 4.93. The van der Waals surface area contributed by atoms with Crippen molar-refractivity contribution in [3.8, 4) is 11.5 Å². The second-order valence-electron chi connectivity index (χ2n) is 7.66. The number of rotatable bonds is 8. The van der Waals surface area contributed by atoms with E-state index < -0.39 is 0 Å². The summed E-state index contributed by atoms with van der Waals surface area (Å²) in [6.45, 7) is 3.56. The van der Waals surface area contributed by atoms with Gasteiger partial charge in [-0.3, -0.25) is 4.40 Å². The summed E-state index contributed by atoms with van der Waals surface area (Å²) in [7, 11) is 5.74. The van der Waals surface area contributed by atoms with Gasteiger partial charge in [-0.15, -0.1) is 0 Å². The third-order valence-electron chi connectivity index (χ3n) is 5.11. The second-order valence-corrected chi connectivity index (χ2v) is 8.07. The zero-order valence-corrected chi connectivity index (χ0v) is 18.9. The highest BCUT2D eigenvalue weighted by molar-refractivity contribution is 6.33. The first-order valence-corrected chi connectivity index (χ1v) is 10.5. The number of imidazole rings is 1. The molecular weight excluding hydrogens is 414 g/mol. The Kier molecular flexibility index (Phi) is 6.15. The topological polar surface area (TPSA) is 63.9 Å². The number of fused-ring (bicyclic) bond motifs is 3. The monoisotopic (exact) mass is 439 g/mol. The molecule has 0 spiro atoms. The highest BCUT2D eigenvalue weighted by Gasteiger charge is 2.15. The van der Waals surface area contributed by atoms with Gasteiger partial charge in [-0.25, -0.2) is 9.97 Å². The van der Waals surface area contributed by atoms with Crippen LogP contribution in [-0.4, -0.2) is 53.6 Å². The summed E-state index contributed by atoms with van der Waals surface area (Å²) < 4.78 is 13.6. The van der Waals surface area contributed by atoms with E-state index in [4.69, 9.17) is 26.1 Å². The summed E-state index contributed by atoms with van der Waals surface area (Å²) >= 11 is 6.43. The van der Waals surface area contributed by atoms with Crippen molar-refractivity contribution < 1.29 is 9.47 Å². The number of nitrogens with zero attached hydrogens (tertiary/aromatic N) is 4. The van der Waals surface area contributed by atoms with Crippen LogP contribution in [0.5, 0.6) is 11.5 Å². The van der Waals surface area contributed by atoms with Crippen LogP contribution in [0.3, 0.4) is 0 Å². The Balaban J connectivity index is 1.76. The number of benzene rings is 2. The second kappa shape index (κ2) is 8.99. The van der Waals surface area contributed by atoms with Crippen LogP contribution in [0.4, 0.5) is 11.5 Å². The minimum atomic E-state index is 0.595. The van der Waals surface area contributed by atoms with E-state index in [1.807, 2.05) is 55.8 Å². The molecule has 2 aromatic carbocycles. The zero-order valence-electron chi connectivity index (χ0n) is 18.1. The lowest BCUT2D eigenvalue weighted by Gasteiger charge is -2.16. The Morgan fingerprint density at radius 2 is 2.00 bits per heavy atom. The number of aromatic nitrogens is 3. The number of anilines is 2. The third kappa shape index (κ3) is 4.38. The molecule has 8 heteroatoms.